The topological polar surface area (TPSA) is 92.9 Å². The maximum atomic E-state index is 5.88. The summed E-state index contributed by atoms with van der Waals surface area (Å²) in [5, 5.41) is 0. The fourth-order valence-electron chi connectivity index (χ4n) is 3.14. The molecule has 0 aliphatic carbocycles. The third kappa shape index (κ3) is 3.03. The SMILES string of the molecule is Nc1nc(N2CCC(COCc3ccccc3)C2)c2[nH]cnc2n1. The second-order valence-corrected chi connectivity index (χ2v) is 6.11. The molecular weight excluding hydrogens is 304 g/mol. The molecule has 2 aromatic heterocycles. The van der Waals surface area contributed by atoms with Crippen LogP contribution in [-0.2, 0) is 11.3 Å². The molecule has 1 aliphatic rings. The van der Waals surface area contributed by atoms with Crippen LogP contribution >= 0.6 is 0 Å². The van der Waals surface area contributed by atoms with Crippen molar-refractivity contribution < 1.29 is 4.74 Å². The van der Waals surface area contributed by atoms with Crippen LogP contribution in [0.15, 0.2) is 36.7 Å². The van der Waals surface area contributed by atoms with E-state index in [4.69, 9.17) is 10.5 Å². The van der Waals surface area contributed by atoms with Crippen LogP contribution in [0.1, 0.15) is 12.0 Å². The second kappa shape index (κ2) is 6.45. The van der Waals surface area contributed by atoms with E-state index in [2.05, 4.69) is 37.0 Å². The van der Waals surface area contributed by atoms with Gasteiger partial charge in [0.05, 0.1) is 19.5 Å². The smallest absolute Gasteiger partial charge is 0.224 e. The van der Waals surface area contributed by atoms with E-state index in [-0.39, 0.29) is 5.95 Å². The third-order valence-corrected chi connectivity index (χ3v) is 4.33. The van der Waals surface area contributed by atoms with Gasteiger partial charge in [0.25, 0.3) is 0 Å². The third-order valence-electron chi connectivity index (χ3n) is 4.33. The van der Waals surface area contributed by atoms with Crippen molar-refractivity contribution in [2.24, 2.45) is 5.92 Å². The quantitative estimate of drug-likeness (QED) is 0.745. The summed E-state index contributed by atoms with van der Waals surface area (Å²) in [5.41, 5.74) is 8.46. The Labute approximate surface area is 139 Å². The highest BCUT2D eigenvalue weighted by atomic mass is 16.5. The molecule has 1 unspecified atom stereocenters. The number of anilines is 2. The van der Waals surface area contributed by atoms with Crippen molar-refractivity contribution in [1.82, 2.24) is 19.9 Å². The zero-order valence-corrected chi connectivity index (χ0v) is 13.4. The highest BCUT2D eigenvalue weighted by molar-refractivity contribution is 5.84. The number of aromatic nitrogens is 4. The van der Waals surface area contributed by atoms with Crippen molar-refractivity contribution in [3.63, 3.8) is 0 Å². The molecule has 3 heterocycles. The van der Waals surface area contributed by atoms with Gasteiger partial charge in [-0.25, -0.2) is 4.98 Å². The van der Waals surface area contributed by atoms with Crippen LogP contribution in [0.5, 0.6) is 0 Å². The Balaban J connectivity index is 1.38. The highest BCUT2D eigenvalue weighted by Gasteiger charge is 2.26. The molecule has 124 valence electrons. The number of benzene rings is 1. The molecule has 0 radical (unpaired) electrons. The zero-order valence-electron chi connectivity index (χ0n) is 13.4. The summed E-state index contributed by atoms with van der Waals surface area (Å²) in [5.74, 6) is 1.58. The summed E-state index contributed by atoms with van der Waals surface area (Å²) in [6.45, 7) is 3.24. The number of nitrogen functional groups attached to an aromatic ring is 1. The van der Waals surface area contributed by atoms with Crippen LogP contribution in [0.2, 0.25) is 0 Å². The summed E-state index contributed by atoms with van der Waals surface area (Å²) in [7, 11) is 0. The molecule has 1 fully saturated rings. The number of fused-ring (bicyclic) bond motifs is 1. The van der Waals surface area contributed by atoms with E-state index in [1.54, 1.807) is 6.33 Å². The molecule has 24 heavy (non-hydrogen) atoms. The molecule has 1 aromatic carbocycles. The number of imidazole rings is 1. The molecule has 1 aliphatic heterocycles. The van der Waals surface area contributed by atoms with E-state index in [9.17, 15) is 0 Å². The van der Waals surface area contributed by atoms with E-state index >= 15 is 0 Å². The Morgan fingerprint density at radius 2 is 2.12 bits per heavy atom. The van der Waals surface area contributed by atoms with Crippen molar-refractivity contribution in [1.29, 1.82) is 0 Å². The first kappa shape index (κ1) is 14.9. The second-order valence-electron chi connectivity index (χ2n) is 6.11. The lowest BCUT2D eigenvalue weighted by atomic mass is 10.1. The number of hydrogen-bond acceptors (Lipinski definition) is 6. The van der Waals surface area contributed by atoms with Gasteiger partial charge < -0.3 is 20.4 Å². The normalized spacial score (nSPS) is 17.7. The van der Waals surface area contributed by atoms with Crippen LogP contribution < -0.4 is 10.6 Å². The fourth-order valence-corrected chi connectivity index (χ4v) is 3.14. The van der Waals surface area contributed by atoms with Gasteiger partial charge in [0, 0.05) is 19.0 Å². The van der Waals surface area contributed by atoms with Gasteiger partial charge in [-0.1, -0.05) is 30.3 Å². The van der Waals surface area contributed by atoms with E-state index in [0.29, 0.717) is 18.2 Å². The molecule has 7 heteroatoms. The van der Waals surface area contributed by atoms with Crippen LogP contribution in [0.25, 0.3) is 11.2 Å². The minimum atomic E-state index is 0.258. The lowest BCUT2D eigenvalue weighted by molar-refractivity contribution is 0.0929. The average molecular weight is 324 g/mol. The van der Waals surface area contributed by atoms with Crippen molar-refractivity contribution in [3.8, 4) is 0 Å². The standard InChI is InChI=1S/C17H20N6O/c18-17-21-15-14(19-11-20-15)16(22-17)23-7-6-13(8-23)10-24-9-12-4-2-1-3-5-12/h1-5,11,13H,6-10H2,(H3,18,19,20,21,22). The largest absolute Gasteiger partial charge is 0.376 e. The number of rotatable bonds is 5. The van der Waals surface area contributed by atoms with Gasteiger partial charge >= 0.3 is 0 Å². The number of ether oxygens (including phenoxy) is 1. The Kier molecular flexibility index (Phi) is 4.00. The molecular formula is C17H20N6O. The Morgan fingerprint density at radius 3 is 3.00 bits per heavy atom. The number of H-pyrrole nitrogens is 1. The molecule has 4 rings (SSSR count). The van der Waals surface area contributed by atoms with E-state index in [1.807, 2.05) is 18.2 Å². The monoisotopic (exact) mass is 324 g/mol. The minimum absolute atomic E-state index is 0.258. The molecule has 1 atom stereocenters. The van der Waals surface area contributed by atoms with Gasteiger partial charge in [-0.3, -0.25) is 0 Å². The molecule has 3 aromatic rings. The number of nitrogens with one attached hydrogen (secondary N) is 1. The molecule has 0 bridgehead atoms. The zero-order chi connectivity index (χ0) is 16.4. The first-order valence-electron chi connectivity index (χ1n) is 8.13. The number of hydrogen-bond donors (Lipinski definition) is 2. The Bertz CT molecular complexity index is 818. The lowest BCUT2D eigenvalue weighted by Crippen LogP contribution is -2.23. The first-order chi connectivity index (χ1) is 11.8. The van der Waals surface area contributed by atoms with Crippen LogP contribution in [0.3, 0.4) is 0 Å². The molecule has 3 N–H and O–H groups in total. The van der Waals surface area contributed by atoms with E-state index in [0.717, 1.165) is 37.5 Å². The van der Waals surface area contributed by atoms with Gasteiger partial charge in [0.15, 0.2) is 11.5 Å². The predicted octanol–water partition coefficient (Wildman–Crippen LogP) is 1.98. The van der Waals surface area contributed by atoms with Gasteiger partial charge in [-0.05, 0) is 12.0 Å². The summed E-state index contributed by atoms with van der Waals surface area (Å²) < 4.78 is 5.88. The molecule has 0 amide bonds. The summed E-state index contributed by atoms with van der Waals surface area (Å²) >= 11 is 0. The van der Waals surface area contributed by atoms with Crippen molar-refractivity contribution in [2.75, 3.05) is 30.3 Å². The van der Waals surface area contributed by atoms with Crippen LogP contribution in [-0.4, -0.2) is 39.6 Å². The summed E-state index contributed by atoms with van der Waals surface area (Å²) in [6.07, 6.45) is 2.70. The minimum Gasteiger partial charge on any atom is -0.376 e. The number of nitrogens with two attached hydrogens (primary N) is 1. The molecule has 1 saturated heterocycles. The molecule has 7 nitrogen and oxygen atoms in total. The van der Waals surface area contributed by atoms with Crippen LogP contribution in [0, 0.1) is 5.92 Å². The van der Waals surface area contributed by atoms with Crippen molar-refractivity contribution in [2.45, 2.75) is 13.0 Å². The number of nitrogens with zero attached hydrogens (tertiary/aromatic N) is 4. The predicted molar refractivity (Wildman–Crippen MR) is 92.5 cm³/mol. The van der Waals surface area contributed by atoms with Crippen molar-refractivity contribution >= 4 is 22.9 Å². The molecule has 0 spiro atoms. The average Bonchev–Trinajstić information content (AvgIpc) is 3.24. The van der Waals surface area contributed by atoms with Gasteiger partial charge in [0.1, 0.15) is 5.52 Å². The van der Waals surface area contributed by atoms with E-state index < -0.39 is 0 Å². The Hall–Kier alpha value is -2.67. The first-order valence-corrected chi connectivity index (χ1v) is 8.13. The van der Waals surface area contributed by atoms with Gasteiger partial charge in [-0.15, -0.1) is 0 Å². The summed E-state index contributed by atoms with van der Waals surface area (Å²) in [6, 6.07) is 10.2. The lowest BCUT2D eigenvalue weighted by Gasteiger charge is -2.18. The maximum absolute atomic E-state index is 5.88. The van der Waals surface area contributed by atoms with Gasteiger partial charge in [0.2, 0.25) is 5.95 Å². The maximum Gasteiger partial charge on any atom is 0.224 e. The fraction of sp³-hybridized carbons (Fsp3) is 0.353. The van der Waals surface area contributed by atoms with Crippen molar-refractivity contribution in [3.05, 3.63) is 42.2 Å². The summed E-state index contributed by atoms with van der Waals surface area (Å²) in [4.78, 5) is 18.1. The van der Waals surface area contributed by atoms with E-state index in [1.165, 1.54) is 5.56 Å². The highest BCUT2D eigenvalue weighted by Crippen LogP contribution is 2.27. The number of aromatic amines is 1. The molecule has 0 saturated carbocycles. The van der Waals surface area contributed by atoms with Crippen LogP contribution in [0.4, 0.5) is 11.8 Å². The Morgan fingerprint density at radius 1 is 1.25 bits per heavy atom. The van der Waals surface area contributed by atoms with Gasteiger partial charge in [-0.2, -0.15) is 9.97 Å².